The Kier molecular flexibility index (Phi) is 6.31. The predicted molar refractivity (Wildman–Crippen MR) is 124 cm³/mol. The summed E-state index contributed by atoms with van der Waals surface area (Å²) in [6, 6.07) is 20.1. The number of carbonyl (C=O) groups is 2. The van der Waals surface area contributed by atoms with E-state index in [9.17, 15) is 9.59 Å². The first-order chi connectivity index (χ1) is 15.6. The van der Waals surface area contributed by atoms with Crippen molar-refractivity contribution in [1.29, 1.82) is 0 Å². The normalized spacial score (nSPS) is 10.5. The number of anilines is 2. The fourth-order valence-corrected chi connectivity index (χ4v) is 3.14. The van der Waals surface area contributed by atoms with Gasteiger partial charge in [0.1, 0.15) is 11.3 Å². The van der Waals surface area contributed by atoms with Crippen LogP contribution in [0.4, 0.5) is 16.3 Å². The number of benzene rings is 2. The van der Waals surface area contributed by atoms with Gasteiger partial charge in [0, 0.05) is 17.8 Å². The van der Waals surface area contributed by atoms with Crippen molar-refractivity contribution < 1.29 is 9.59 Å². The monoisotopic (exact) mass is 426 g/mol. The molecule has 3 N–H and O–H groups in total. The highest BCUT2D eigenvalue weighted by Gasteiger charge is 2.08. The quantitative estimate of drug-likeness (QED) is 0.432. The molecule has 0 saturated heterocycles. The van der Waals surface area contributed by atoms with Gasteiger partial charge in [0.25, 0.3) is 0 Å². The summed E-state index contributed by atoms with van der Waals surface area (Å²) in [5.41, 5.74) is 4.19. The van der Waals surface area contributed by atoms with Crippen molar-refractivity contribution in [2.45, 2.75) is 13.3 Å². The van der Waals surface area contributed by atoms with Crippen molar-refractivity contribution in [1.82, 2.24) is 20.3 Å². The van der Waals surface area contributed by atoms with Gasteiger partial charge in [0.15, 0.2) is 5.65 Å². The second-order valence-electron chi connectivity index (χ2n) is 7.07. The number of rotatable bonds is 6. The molecular weight excluding hydrogens is 404 g/mol. The van der Waals surface area contributed by atoms with Gasteiger partial charge in [-0.05, 0) is 36.8 Å². The lowest BCUT2D eigenvalue weighted by Gasteiger charge is -2.08. The van der Waals surface area contributed by atoms with Crippen LogP contribution in [0.2, 0.25) is 0 Å². The van der Waals surface area contributed by atoms with E-state index in [-0.39, 0.29) is 11.9 Å². The van der Waals surface area contributed by atoms with Gasteiger partial charge in [-0.15, -0.1) is 0 Å². The Morgan fingerprint density at radius 3 is 2.41 bits per heavy atom. The standard InChI is InChI=1S/C24H22N6O2/c1-2-25-24(32)30-21-13-12-19-23(29-21)28-20(15-26-19)17-8-10-18(11-9-17)27-22(31)14-16-6-4-3-5-7-16/h3-13,15H,2,14H2,1H3,(H,27,31)(H2,25,28,29,30,32). The molecule has 0 fully saturated rings. The molecule has 3 amide bonds. The molecule has 2 aromatic heterocycles. The topological polar surface area (TPSA) is 109 Å². The van der Waals surface area contributed by atoms with Gasteiger partial charge >= 0.3 is 6.03 Å². The number of fused-ring (bicyclic) bond motifs is 1. The van der Waals surface area contributed by atoms with Crippen molar-refractivity contribution >= 4 is 34.6 Å². The van der Waals surface area contributed by atoms with E-state index >= 15 is 0 Å². The van der Waals surface area contributed by atoms with E-state index in [0.29, 0.717) is 41.3 Å². The fourth-order valence-electron chi connectivity index (χ4n) is 3.14. The average molecular weight is 426 g/mol. The summed E-state index contributed by atoms with van der Waals surface area (Å²) in [7, 11) is 0. The fraction of sp³-hybridized carbons (Fsp3) is 0.125. The number of carbonyl (C=O) groups excluding carboxylic acids is 2. The number of hydrogen-bond acceptors (Lipinski definition) is 5. The minimum atomic E-state index is -0.326. The number of urea groups is 1. The van der Waals surface area contributed by atoms with Gasteiger partial charge in [-0.3, -0.25) is 15.1 Å². The Balaban J connectivity index is 1.47. The molecule has 0 atom stereocenters. The summed E-state index contributed by atoms with van der Waals surface area (Å²) in [5, 5.41) is 8.22. The zero-order chi connectivity index (χ0) is 22.3. The number of nitrogens with zero attached hydrogens (tertiary/aromatic N) is 3. The van der Waals surface area contributed by atoms with Crippen LogP contribution in [0.25, 0.3) is 22.4 Å². The van der Waals surface area contributed by atoms with Crippen molar-refractivity contribution in [3.05, 3.63) is 78.5 Å². The first-order valence-electron chi connectivity index (χ1n) is 10.2. The van der Waals surface area contributed by atoms with Crippen LogP contribution in [0.3, 0.4) is 0 Å². The van der Waals surface area contributed by atoms with Crippen LogP contribution in [0.5, 0.6) is 0 Å². The zero-order valence-electron chi connectivity index (χ0n) is 17.5. The Morgan fingerprint density at radius 2 is 1.66 bits per heavy atom. The highest BCUT2D eigenvalue weighted by atomic mass is 16.2. The molecule has 32 heavy (non-hydrogen) atoms. The Labute approximate surface area is 185 Å². The largest absolute Gasteiger partial charge is 0.338 e. The maximum atomic E-state index is 12.3. The summed E-state index contributed by atoms with van der Waals surface area (Å²) in [6.45, 7) is 2.36. The summed E-state index contributed by atoms with van der Waals surface area (Å²) in [4.78, 5) is 37.3. The van der Waals surface area contributed by atoms with E-state index in [1.54, 1.807) is 18.3 Å². The van der Waals surface area contributed by atoms with Gasteiger partial charge < -0.3 is 10.6 Å². The van der Waals surface area contributed by atoms with Crippen molar-refractivity contribution in [2.24, 2.45) is 0 Å². The molecule has 0 spiro atoms. The Bertz CT molecular complexity index is 1240. The van der Waals surface area contributed by atoms with Crippen LogP contribution in [-0.2, 0) is 11.2 Å². The summed E-state index contributed by atoms with van der Waals surface area (Å²) in [6.07, 6.45) is 1.99. The SMILES string of the molecule is CCNC(=O)Nc1ccc2ncc(-c3ccc(NC(=O)Cc4ccccc4)cc3)nc2n1. The van der Waals surface area contributed by atoms with Crippen LogP contribution >= 0.6 is 0 Å². The summed E-state index contributed by atoms with van der Waals surface area (Å²) in [5.74, 6) is 0.317. The van der Waals surface area contributed by atoms with Gasteiger partial charge in [-0.25, -0.2) is 14.8 Å². The molecule has 4 aromatic rings. The molecule has 0 bridgehead atoms. The Hall–Kier alpha value is -4.33. The number of aromatic nitrogens is 3. The summed E-state index contributed by atoms with van der Waals surface area (Å²) >= 11 is 0. The third-order valence-corrected chi connectivity index (χ3v) is 4.66. The maximum Gasteiger partial charge on any atom is 0.320 e. The van der Waals surface area contributed by atoms with E-state index < -0.39 is 0 Å². The first kappa shape index (κ1) is 20.9. The number of nitrogens with one attached hydrogen (secondary N) is 3. The molecule has 0 saturated carbocycles. The van der Waals surface area contributed by atoms with Crippen LogP contribution in [0, 0.1) is 0 Å². The maximum absolute atomic E-state index is 12.3. The van der Waals surface area contributed by atoms with Crippen molar-refractivity contribution in [2.75, 3.05) is 17.2 Å². The van der Waals surface area contributed by atoms with Crippen LogP contribution in [0.1, 0.15) is 12.5 Å². The van der Waals surface area contributed by atoms with E-state index in [2.05, 4.69) is 30.9 Å². The number of amides is 3. The minimum Gasteiger partial charge on any atom is -0.338 e. The Morgan fingerprint density at radius 1 is 0.875 bits per heavy atom. The second kappa shape index (κ2) is 9.65. The molecular formula is C24H22N6O2. The number of hydrogen-bond donors (Lipinski definition) is 3. The van der Waals surface area contributed by atoms with E-state index in [1.807, 2.05) is 61.5 Å². The van der Waals surface area contributed by atoms with Gasteiger partial charge in [0.05, 0.1) is 18.3 Å². The minimum absolute atomic E-state index is 0.0780. The predicted octanol–water partition coefficient (Wildman–Crippen LogP) is 4.01. The van der Waals surface area contributed by atoms with Crippen LogP contribution in [-0.4, -0.2) is 33.4 Å². The van der Waals surface area contributed by atoms with Crippen LogP contribution in [0.15, 0.2) is 72.9 Å². The van der Waals surface area contributed by atoms with Crippen LogP contribution < -0.4 is 16.0 Å². The lowest BCUT2D eigenvalue weighted by molar-refractivity contribution is -0.115. The average Bonchev–Trinajstić information content (AvgIpc) is 2.80. The molecule has 8 heteroatoms. The van der Waals surface area contributed by atoms with E-state index in [4.69, 9.17) is 0 Å². The molecule has 0 radical (unpaired) electrons. The molecule has 4 rings (SSSR count). The smallest absolute Gasteiger partial charge is 0.320 e. The molecule has 2 heterocycles. The second-order valence-corrected chi connectivity index (χ2v) is 7.07. The highest BCUT2D eigenvalue weighted by Crippen LogP contribution is 2.21. The van der Waals surface area contributed by atoms with Crippen molar-refractivity contribution in [3.63, 3.8) is 0 Å². The molecule has 0 unspecified atom stereocenters. The molecule has 0 aliphatic carbocycles. The third kappa shape index (κ3) is 5.23. The lowest BCUT2D eigenvalue weighted by Crippen LogP contribution is -2.28. The van der Waals surface area contributed by atoms with Gasteiger partial charge in [-0.2, -0.15) is 0 Å². The molecule has 2 aromatic carbocycles. The molecule has 160 valence electrons. The zero-order valence-corrected chi connectivity index (χ0v) is 17.5. The third-order valence-electron chi connectivity index (χ3n) is 4.66. The molecule has 0 aliphatic heterocycles. The van der Waals surface area contributed by atoms with Crippen molar-refractivity contribution in [3.8, 4) is 11.3 Å². The number of pyridine rings is 1. The summed E-state index contributed by atoms with van der Waals surface area (Å²) < 4.78 is 0. The van der Waals surface area contributed by atoms with E-state index in [0.717, 1.165) is 11.1 Å². The lowest BCUT2D eigenvalue weighted by atomic mass is 10.1. The van der Waals surface area contributed by atoms with Gasteiger partial charge in [0.2, 0.25) is 5.91 Å². The molecule has 8 nitrogen and oxygen atoms in total. The molecule has 0 aliphatic rings. The van der Waals surface area contributed by atoms with E-state index in [1.165, 1.54) is 0 Å². The highest BCUT2D eigenvalue weighted by molar-refractivity contribution is 5.92. The van der Waals surface area contributed by atoms with Gasteiger partial charge in [-0.1, -0.05) is 42.5 Å². The first-order valence-corrected chi connectivity index (χ1v) is 10.2.